The number of hydrogen-bond acceptors (Lipinski definition) is 8. The van der Waals surface area contributed by atoms with Crippen LogP contribution in [0.4, 0.5) is 5.82 Å². The molecule has 3 heterocycles. The van der Waals surface area contributed by atoms with Gasteiger partial charge in [0.15, 0.2) is 0 Å². The zero-order valence-corrected chi connectivity index (χ0v) is 22.6. The monoisotopic (exact) mass is 558 g/mol. The van der Waals surface area contributed by atoms with Crippen LogP contribution in [0.15, 0.2) is 120 Å². The molecule has 0 aliphatic heterocycles. The van der Waals surface area contributed by atoms with Crippen molar-refractivity contribution in [1.82, 2.24) is 14.5 Å². The average molecular weight is 559 g/mol. The van der Waals surface area contributed by atoms with Gasteiger partial charge in [-0.3, -0.25) is 24.1 Å². The van der Waals surface area contributed by atoms with Crippen LogP contribution in [-0.2, 0) is 0 Å². The van der Waals surface area contributed by atoms with E-state index >= 15 is 0 Å². The fraction of sp³-hybridized carbons (Fsp3) is 0.0312. The molecule has 208 valence electrons. The molecular formula is C32H26N6O4. The lowest BCUT2D eigenvalue weighted by atomic mass is 10.1. The lowest BCUT2D eigenvalue weighted by Gasteiger charge is -2.13. The summed E-state index contributed by atoms with van der Waals surface area (Å²) in [7, 11) is 1.59. The van der Waals surface area contributed by atoms with Crippen molar-refractivity contribution in [3.8, 4) is 22.9 Å². The average Bonchev–Trinajstić information content (AvgIpc) is 3.02. The number of methoxy groups -OCH3 is 1. The molecule has 10 heteroatoms. The van der Waals surface area contributed by atoms with Crippen LogP contribution in [0.3, 0.4) is 0 Å². The van der Waals surface area contributed by atoms with Crippen LogP contribution in [0, 0.1) is 0 Å². The summed E-state index contributed by atoms with van der Waals surface area (Å²) in [6.07, 6.45) is 8.91. The maximum Gasteiger partial charge on any atom is 0.267 e. The molecule has 3 aromatic heterocycles. The summed E-state index contributed by atoms with van der Waals surface area (Å²) in [5, 5.41) is 3.50. The Bertz CT molecular complexity index is 1880. The van der Waals surface area contributed by atoms with Gasteiger partial charge in [0.25, 0.3) is 11.5 Å². The number of anilines is 1. The van der Waals surface area contributed by atoms with Gasteiger partial charge >= 0.3 is 0 Å². The Hall–Kier alpha value is -6.03. The molecule has 0 saturated carbocycles. The van der Waals surface area contributed by atoms with E-state index in [1.807, 2.05) is 24.3 Å². The van der Waals surface area contributed by atoms with E-state index in [1.54, 1.807) is 62.0 Å². The van der Waals surface area contributed by atoms with Gasteiger partial charge < -0.3 is 20.5 Å². The summed E-state index contributed by atoms with van der Waals surface area (Å²) >= 11 is 0. The second-order valence-electron chi connectivity index (χ2n) is 8.93. The number of nitrogens with zero attached hydrogens (tertiary/aromatic N) is 4. The fourth-order valence-corrected chi connectivity index (χ4v) is 4.10. The summed E-state index contributed by atoms with van der Waals surface area (Å²) in [6.45, 7) is 4.01. The van der Waals surface area contributed by atoms with E-state index < -0.39 is 11.5 Å². The zero-order valence-electron chi connectivity index (χ0n) is 22.6. The number of hydrogen-bond donors (Lipinski definition) is 2. The Balaban J connectivity index is 1.40. The number of ether oxygens (including phenoxy) is 2. The lowest BCUT2D eigenvalue weighted by Crippen LogP contribution is -2.29. The zero-order chi connectivity index (χ0) is 29.5. The van der Waals surface area contributed by atoms with Crippen molar-refractivity contribution in [2.24, 2.45) is 10.7 Å². The smallest absolute Gasteiger partial charge is 0.267 e. The number of carbonyl (C=O) groups excluding carboxylic acids is 1. The second kappa shape index (κ2) is 12.4. The number of aliphatic imine (C=N–C) groups is 1. The number of allylic oxidation sites excluding steroid dienone is 1. The quantitative estimate of drug-likeness (QED) is 0.233. The van der Waals surface area contributed by atoms with E-state index in [0.717, 1.165) is 10.9 Å². The minimum Gasteiger partial charge on any atom is -0.497 e. The predicted octanol–water partition coefficient (Wildman–Crippen LogP) is 5.35. The number of rotatable bonds is 9. The Morgan fingerprint density at radius 2 is 1.86 bits per heavy atom. The number of fused-ring (bicyclic) bond motifs is 1. The first-order chi connectivity index (χ1) is 20.5. The van der Waals surface area contributed by atoms with Crippen LogP contribution in [-0.4, -0.2) is 33.8 Å². The van der Waals surface area contributed by atoms with Gasteiger partial charge in [-0.1, -0.05) is 24.8 Å². The number of carbonyl (C=O) groups is 1. The SMILES string of the molecule is C=C(/C=N\C=C/N)c1cc(C(=O)Nc2ccc(Oc3ccnc4cc(OC)ccc34)cn2)c(=O)n(-c2ccccc2)c1. The molecule has 0 spiro atoms. The molecule has 0 aliphatic rings. The molecular weight excluding hydrogens is 532 g/mol. The first kappa shape index (κ1) is 27.5. The number of benzene rings is 2. The summed E-state index contributed by atoms with van der Waals surface area (Å²) < 4.78 is 12.7. The summed E-state index contributed by atoms with van der Waals surface area (Å²) in [5.41, 5.74) is 7.06. The molecule has 0 fully saturated rings. The van der Waals surface area contributed by atoms with E-state index in [2.05, 4.69) is 26.9 Å². The van der Waals surface area contributed by atoms with Crippen LogP contribution >= 0.6 is 0 Å². The molecule has 5 aromatic rings. The highest BCUT2D eigenvalue weighted by atomic mass is 16.5. The van der Waals surface area contributed by atoms with Crippen molar-refractivity contribution in [2.75, 3.05) is 12.4 Å². The molecule has 0 saturated heterocycles. The van der Waals surface area contributed by atoms with Gasteiger partial charge in [-0.25, -0.2) is 4.98 Å². The topological polar surface area (TPSA) is 134 Å². The van der Waals surface area contributed by atoms with E-state index in [-0.39, 0.29) is 11.4 Å². The van der Waals surface area contributed by atoms with Crippen molar-refractivity contribution >= 4 is 34.4 Å². The van der Waals surface area contributed by atoms with Gasteiger partial charge in [-0.05, 0) is 54.1 Å². The van der Waals surface area contributed by atoms with E-state index in [9.17, 15) is 9.59 Å². The first-order valence-corrected chi connectivity index (χ1v) is 12.8. The van der Waals surface area contributed by atoms with E-state index in [1.165, 1.54) is 35.4 Å². The van der Waals surface area contributed by atoms with Crippen LogP contribution in [0.5, 0.6) is 17.2 Å². The molecule has 1 amide bonds. The van der Waals surface area contributed by atoms with Crippen LogP contribution in [0.2, 0.25) is 0 Å². The summed E-state index contributed by atoms with van der Waals surface area (Å²) in [6, 6.07) is 21.0. The van der Waals surface area contributed by atoms with Crippen LogP contribution in [0.25, 0.3) is 22.2 Å². The van der Waals surface area contributed by atoms with Crippen molar-refractivity contribution in [2.45, 2.75) is 0 Å². The summed E-state index contributed by atoms with van der Waals surface area (Å²) in [4.78, 5) is 39.4. The van der Waals surface area contributed by atoms with Gasteiger partial charge in [-0.2, -0.15) is 0 Å². The molecule has 2 aromatic carbocycles. The maximum atomic E-state index is 13.4. The lowest BCUT2D eigenvalue weighted by molar-refractivity contribution is 0.102. The molecule has 0 aliphatic carbocycles. The summed E-state index contributed by atoms with van der Waals surface area (Å²) in [5.74, 6) is 1.34. The van der Waals surface area contributed by atoms with Gasteiger partial charge in [0.1, 0.15) is 28.6 Å². The Morgan fingerprint density at radius 3 is 2.60 bits per heavy atom. The molecule has 0 bridgehead atoms. The highest BCUT2D eigenvalue weighted by Crippen LogP contribution is 2.30. The van der Waals surface area contributed by atoms with Gasteiger partial charge in [0, 0.05) is 53.7 Å². The standard InChI is InChI=1S/C32H26N6O4/c1-21(18-34-15-13-33)22-16-27(32(40)38(20-22)23-6-4-3-5-7-23)31(39)37-30-11-9-25(19-36-30)42-29-12-14-35-28-17-24(41-2)8-10-26(28)29/h3-20H,1,33H2,2H3,(H,36,37,39)/b15-13-,34-18-. The van der Waals surface area contributed by atoms with Crippen molar-refractivity contribution in [3.05, 3.63) is 132 Å². The molecule has 10 nitrogen and oxygen atoms in total. The highest BCUT2D eigenvalue weighted by Gasteiger charge is 2.17. The molecule has 5 rings (SSSR count). The molecule has 42 heavy (non-hydrogen) atoms. The number of nitrogens with two attached hydrogens (primary N) is 1. The van der Waals surface area contributed by atoms with Gasteiger partial charge in [0.05, 0.1) is 18.8 Å². The highest BCUT2D eigenvalue weighted by molar-refractivity contribution is 6.10. The van der Waals surface area contributed by atoms with E-state index in [0.29, 0.717) is 34.1 Å². The maximum absolute atomic E-state index is 13.4. The molecule has 0 unspecified atom stereocenters. The van der Waals surface area contributed by atoms with Crippen molar-refractivity contribution < 1.29 is 14.3 Å². The van der Waals surface area contributed by atoms with Gasteiger partial charge in [0.2, 0.25) is 0 Å². The Labute approximate surface area is 241 Å². The molecule has 0 radical (unpaired) electrons. The first-order valence-electron chi connectivity index (χ1n) is 12.8. The third-order valence-electron chi connectivity index (χ3n) is 6.19. The minimum absolute atomic E-state index is 0.0962. The number of amides is 1. The predicted molar refractivity (Wildman–Crippen MR) is 163 cm³/mol. The minimum atomic E-state index is -0.631. The number of para-hydroxylation sites is 1. The Kier molecular flexibility index (Phi) is 8.15. The number of aromatic nitrogens is 3. The van der Waals surface area contributed by atoms with Crippen molar-refractivity contribution in [1.29, 1.82) is 0 Å². The Morgan fingerprint density at radius 1 is 1.05 bits per heavy atom. The normalized spacial score (nSPS) is 11.2. The largest absolute Gasteiger partial charge is 0.497 e. The molecule has 3 N–H and O–H groups in total. The van der Waals surface area contributed by atoms with Crippen molar-refractivity contribution in [3.63, 3.8) is 0 Å². The number of pyridine rings is 3. The van der Waals surface area contributed by atoms with Crippen LogP contribution in [0.1, 0.15) is 15.9 Å². The fourth-order valence-electron chi connectivity index (χ4n) is 4.10. The van der Waals surface area contributed by atoms with Gasteiger partial charge in [-0.15, -0.1) is 0 Å². The third-order valence-corrected chi connectivity index (χ3v) is 6.19. The van der Waals surface area contributed by atoms with Crippen LogP contribution < -0.4 is 26.1 Å². The van der Waals surface area contributed by atoms with E-state index in [4.69, 9.17) is 15.2 Å². The number of nitrogens with one attached hydrogen (secondary N) is 1. The molecule has 0 atom stereocenters. The second-order valence-corrected chi connectivity index (χ2v) is 8.93. The third kappa shape index (κ3) is 6.07.